The number of para-hydroxylation sites is 1. The van der Waals surface area contributed by atoms with Crippen LogP contribution in [0.15, 0.2) is 59.8 Å². The van der Waals surface area contributed by atoms with Crippen molar-refractivity contribution in [2.24, 2.45) is 0 Å². The number of nitrogens with one attached hydrogen (secondary N) is 1. The predicted octanol–water partition coefficient (Wildman–Crippen LogP) is 3.21. The van der Waals surface area contributed by atoms with E-state index in [0.29, 0.717) is 24.9 Å². The van der Waals surface area contributed by atoms with Gasteiger partial charge in [-0.3, -0.25) is 9.36 Å². The zero-order chi connectivity index (χ0) is 21.6. The lowest BCUT2D eigenvalue weighted by molar-refractivity contribution is -0.120. The summed E-state index contributed by atoms with van der Waals surface area (Å²) in [6.45, 7) is 7.35. The van der Waals surface area contributed by atoms with Crippen LogP contribution in [-0.4, -0.2) is 52.2 Å². The molecule has 7 nitrogen and oxygen atoms in total. The molecule has 31 heavy (non-hydrogen) atoms. The molecular weight excluding hydrogens is 410 g/mol. The number of benzene rings is 2. The SMILES string of the molecule is Cc1ccccc1-n1c(SC(C)C(=O)NCc2ccccc2)nnc1N1CCOCC1. The second kappa shape index (κ2) is 9.98. The normalized spacial score (nSPS) is 15.0. The number of rotatable bonds is 7. The van der Waals surface area contributed by atoms with Gasteiger partial charge in [0.15, 0.2) is 5.16 Å². The van der Waals surface area contributed by atoms with Gasteiger partial charge in [-0.2, -0.15) is 0 Å². The van der Waals surface area contributed by atoms with Gasteiger partial charge in [0.25, 0.3) is 0 Å². The quantitative estimate of drug-likeness (QED) is 0.573. The Hall–Kier alpha value is -2.84. The first-order chi connectivity index (χ1) is 15.1. The smallest absolute Gasteiger partial charge is 0.233 e. The third-order valence-electron chi connectivity index (χ3n) is 5.23. The van der Waals surface area contributed by atoms with Crippen molar-refractivity contribution in [2.45, 2.75) is 30.8 Å². The van der Waals surface area contributed by atoms with Crippen LogP contribution >= 0.6 is 11.8 Å². The number of ether oxygens (including phenoxy) is 1. The molecule has 1 unspecified atom stereocenters. The first kappa shape index (κ1) is 21.4. The van der Waals surface area contributed by atoms with Crippen molar-refractivity contribution >= 4 is 23.6 Å². The van der Waals surface area contributed by atoms with Gasteiger partial charge in [-0.05, 0) is 31.0 Å². The fraction of sp³-hybridized carbons (Fsp3) is 0.348. The van der Waals surface area contributed by atoms with E-state index in [-0.39, 0.29) is 11.2 Å². The molecule has 1 atom stereocenters. The van der Waals surface area contributed by atoms with E-state index in [2.05, 4.69) is 44.0 Å². The van der Waals surface area contributed by atoms with E-state index in [1.807, 2.05) is 49.4 Å². The molecule has 0 aliphatic carbocycles. The van der Waals surface area contributed by atoms with E-state index in [4.69, 9.17) is 4.74 Å². The molecule has 1 saturated heterocycles. The number of hydrogen-bond acceptors (Lipinski definition) is 6. The Balaban J connectivity index is 1.55. The molecule has 1 aliphatic heterocycles. The van der Waals surface area contributed by atoms with Gasteiger partial charge in [0.05, 0.1) is 24.2 Å². The van der Waals surface area contributed by atoms with Crippen LogP contribution in [-0.2, 0) is 16.1 Å². The molecule has 2 heterocycles. The van der Waals surface area contributed by atoms with E-state index < -0.39 is 0 Å². The van der Waals surface area contributed by atoms with Gasteiger partial charge in [-0.25, -0.2) is 0 Å². The molecule has 0 saturated carbocycles. The van der Waals surface area contributed by atoms with Crippen molar-refractivity contribution < 1.29 is 9.53 Å². The molecule has 3 aromatic rings. The largest absolute Gasteiger partial charge is 0.378 e. The molecule has 0 spiro atoms. The van der Waals surface area contributed by atoms with Crippen molar-refractivity contribution in [3.05, 3.63) is 65.7 Å². The first-order valence-corrected chi connectivity index (χ1v) is 11.3. The average Bonchev–Trinajstić information content (AvgIpc) is 3.22. The molecule has 0 bridgehead atoms. The van der Waals surface area contributed by atoms with Crippen LogP contribution in [0, 0.1) is 6.92 Å². The number of thioether (sulfide) groups is 1. The van der Waals surface area contributed by atoms with Crippen LogP contribution in [0.5, 0.6) is 0 Å². The second-order valence-corrected chi connectivity index (χ2v) is 8.78. The van der Waals surface area contributed by atoms with Crippen LogP contribution in [0.4, 0.5) is 5.95 Å². The van der Waals surface area contributed by atoms with E-state index in [0.717, 1.165) is 35.9 Å². The number of aromatic nitrogens is 3. The standard InChI is InChI=1S/C23H27N5O2S/c1-17-8-6-7-11-20(17)28-22(27-12-14-30-15-13-27)25-26-23(28)31-18(2)21(29)24-16-19-9-4-3-5-10-19/h3-11,18H,12-16H2,1-2H3,(H,24,29). The Labute approximate surface area is 186 Å². The highest BCUT2D eigenvalue weighted by Gasteiger charge is 2.25. The van der Waals surface area contributed by atoms with Crippen molar-refractivity contribution in [3.8, 4) is 5.69 Å². The van der Waals surface area contributed by atoms with Gasteiger partial charge in [-0.15, -0.1) is 10.2 Å². The fourth-order valence-corrected chi connectivity index (χ4v) is 4.35. The number of carbonyl (C=O) groups is 1. The zero-order valence-corrected chi connectivity index (χ0v) is 18.6. The number of amides is 1. The molecule has 1 N–H and O–H groups in total. The number of hydrogen-bond donors (Lipinski definition) is 1. The number of anilines is 1. The van der Waals surface area contributed by atoms with Crippen molar-refractivity contribution in [2.75, 3.05) is 31.2 Å². The highest BCUT2D eigenvalue weighted by atomic mass is 32.2. The molecule has 4 rings (SSSR count). The van der Waals surface area contributed by atoms with Crippen LogP contribution in [0.2, 0.25) is 0 Å². The summed E-state index contributed by atoms with van der Waals surface area (Å²) in [6.07, 6.45) is 0. The average molecular weight is 438 g/mol. The van der Waals surface area contributed by atoms with Crippen LogP contribution in [0.3, 0.4) is 0 Å². The summed E-state index contributed by atoms with van der Waals surface area (Å²) in [6, 6.07) is 18.1. The molecular formula is C23H27N5O2S. The molecule has 2 aromatic carbocycles. The van der Waals surface area contributed by atoms with Gasteiger partial charge in [0, 0.05) is 19.6 Å². The minimum atomic E-state index is -0.312. The lowest BCUT2D eigenvalue weighted by Gasteiger charge is -2.28. The lowest BCUT2D eigenvalue weighted by Crippen LogP contribution is -2.38. The van der Waals surface area contributed by atoms with E-state index in [9.17, 15) is 4.79 Å². The molecule has 1 amide bonds. The maximum atomic E-state index is 12.7. The van der Waals surface area contributed by atoms with Crippen LogP contribution < -0.4 is 10.2 Å². The monoisotopic (exact) mass is 437 g/mol. The topological polar surface area (TPSA) is 72.3 Å². The first-order valence-electron chi connectivity index (χ1n) is 10.5. The zero-order valence-electron chi connectivity index (χ0n) is 17.8. The maximum absolute atomic E-state index is 12.7. The summed E-state index contributed by atoms with van der Waals surface area (Å²) in [4.78, 5) is 14.9. The molecule has 8 heteroatoms. The Morgan fingerprint density at radius 1 is 1.10 bits per heavy atom. The van der Waals surface area contributed by atoms with Crippen LogP contribution in [0.1, 0.15) is 18.1 Å². The molecule has 0 radical (unpaired) electrons. The van der Waals surface area contributed by atoms with Gasteiger partial charge >= 0.3 is 0 Å². The van der Waals surface area contributed by atoms with Crippen LogP contribution in [0.25, 0.3) is 5.69 Å². The highest BCUT2D eigenvalue weighted by molar-refractivity contribution is 8.00. The van der Waals surface area contributed by atoms with E-state index >= 15 is 0 Å². The summed E-state index contributed by atoms with van der Waals surface area (Å²) in [7, 11) is 0. The number of carbonyl (C=O) groups excluding carboxylic acids is 1. The van der Waals surface area contributed by atoms with E-state index in [1.54, 1.807) is 0 Å². The Morgan fingerprint density at radius 2 is 1.81 bits per heavy atom. The predicted molar refractivity (Wildman–Crippen MR) is 123 cm³/mol. The summed E-state index contributed by atoms with van der Waals surface area (Å²) in [5, 5.41) is 12.4. The summed E-state index contributed by atoms with van der Waals surface area (Å²) < 4.78 is 7.56. The Morgan fingerprint density at radius 3 is 2.55 bits per heavy atom. The Kier molecular flexibility index (Phi) is 6.89. The van der Waals surface area contributed by atoms with Gasteiger partial charge in [-0.1, -0.05) is 60.3 Å². The van der Waals surface area contributed by atoms with E-state index in [1.165, 1.54) is 11.8 Å². The summed E-state index contributed by atoms with van der Waals surface area (Å²) >= 11 is 1.42. The number of nitrogens with zero attached hydrogens (tertiary/aromatic N) is 4. The number of aryl methyl sites for hydroxylation is 1. The second-order valence-electron chi connectivity index (χ2n) is 7.47. The number of morpholine rings is 1. The molecule has 1 aromatic heterocycles. The third-order valence-corrected chi connectivity index (χ3v) is 6.27. The molecule has 1 aliphatic rings. The lowest BCUT2D eigenvalue weighted by atomic mass is 10.2. The molecule has 162 valence electrons. The third kappa shape index (κ3) is 5.08. The summed E-state index contributed by atoms with van der Waals surface area (Å²) in [5.41, 5.74) is 3.22. The fourth-order valence-electron chi connectivity index (χ4n) is 3.47. The van der Waals surface area contributed by atoms with Gasteiger partial charge in [0.1, 0.15) is 0 Å². The molecule has 1 fully saturated rings. The van der Waals surface area contributed by atoms with Crippen molar-refractivity contribution in [1.82, 2.24) is 20.1 Å². The van der Waals surface area contributed by atoms with Gasteiger partial charge < -0.3 is 15.0 Å². The van der Waals surface area contributed by atoms with Crippen molar-refractivity contribution in [1.29, 1.82) is 0 Å². The minimum Gasteiger partial charge on any atom is -0.378 e. The van der Waals surface area contributed by atoms with Gasteiger partial charge in [0.2, 0.25) is 11.9 Å². The summed E-state index contributed by atoms with van der Waals surface area (Å²) in [5.74, 6) is 0.762. The van der Waals surface area contributed by atoms with Crippen molar-refractivity contribution in [3.63, 3.8) is 0 Å². The minimum absolute atomic E-state index is 0.0268. The Bertz CT molecular complexity index is 1020. The maximum Gasteiger partial charge on any atom is 0.233 e. The highest BCUT2D eigenvalue weighted by Crippen LogP contribution is 2.31.